The Balaban J connectivity index is 2.89. The van der Waals surface area contributed by atoms with E-state index in [0.29, 0.717) is 25.8 Å². The normalized spacial score (nSPS) is 14.1. The number of amides is 3. The molecule has 0 aromatic heterocycles. The zero-order valence-electron chi connectivity index (χ0n) is 22.1. The maximum atomic E-state index is 13.3. The zero-order chi connectivity index (χ0) is 25.8. The predicted molar refractivity (Wildman–Crippen MR) is 138 cm³/mol. The van der Waals surface area contributed by atoms with Crippen LogP contribution in [0.4, 0.5) is 0 Å². The molecule has 0 aliphatic heterocycles. The van der Waals surface area contributed by atoms with Gasteiger partial charge in [0.05, 0.1) is 6.04 Å². The van der Waals surface area contributed by atoms with Gasteiger partial charge < -0.3 is 21.3 Å². The Morgan fingerprint density at radius 1 is 0.853 bits per heavy atom. The number of carbonyl (C=O) groups excluding carboxylic acids is 3. The highest BCUT2D eigenvalue weighted by atomic mass is 16.2. The minimum atomic E-state index is -0.683. The van der Waals surface area contributed by atoms with Gasteiger partial charge in [0, 0.05) is 13.6 Å². The molecule has 1 aromatic rings. The molecular weight excluding hydrogens is 428 g/mol. The lowest BCUT2D eigenvalue weighted by molar-refractivity contribution is -0.141. The Morgan fingerprint density at radius 3 is 1.94 bits per heavy atom. The molecule has 0 spiro atoms. The molecule has 7 nitrogen and oxygen atoms in total. The summed E-state index contributed by atoms with van der Waals surface area (Å²) in [6.07, 6.45) is 2.28. The third-order valence-electron chi connectivity index (χ3n) is 5.75. The van der Waals surface area contributed by atoms with Crippen LogP contribution in [-0.4, -0.2) is 54.3 Å². The first-order valence-corrected chi connectivity index (χ1v) is 12.6. The molecule has 0 aliphatic carbocycles. The van der Waals surface area contributed by atoms with E-state index >= 15 is 0 Å². The van der Waals surface area contributed by atoms with Crippen molar-refractivity contribution in [3.8, 4) is 0 Å². The Morgan fingerprint density at radius 2 is 1.41 bits per heavy atom. The largest absolute Gasteiger partial charge is 0.354 e. The Kier molecular flexibility index (Phi) is 12.9. The molecule has 4 N–H and O–H groups in total. The topological polar surface area (TPSA) is 105 Å². The van der Waals surface area contributed by atoms with Crippen molar-refractivity contribution in [3.05, 3.63) is 35.9 Å². The molecule has 3 amide bonds. The molecule has 34 heavy (non-hydrogen) atoms. The van der Waals surface area contributed by atoms with Gasteiger partial charge in [0.15, 0.2) is 0 Å². The van der Waals surface area contributed by atoms with Gasteiger partial charge in [-0.25, -0.2) is 0 Å². The molecule has 0 aliphatic rings. The van der Waals surface area contributed by atoms with Gasteiger partial charge in [-0.15, -0.1) is 0 Å². The number of hydrogen-bond acceptors (Lipinski definition) is 4. The van der Waals surface area contributed by atoms with Crippen molar-refractivity contribution in [1.29, 1.82) is 0 Å². The highest BCUT2D eigenvalue weighted by molar-refractivity contribution is 5.93. The summed E-state index contributed by atoms with van der Waals surface area (Å²) in [5.41, 5.74) is 7.26. The maximum absolute atomic E-state index is 13.3. The van der Waals surface area contributed by atoms with Gasteiger partial charge in [0.2, 0.25) is 17.7 Å². The van der Waals surface area contributed by atoms with Gasteiger partial charge in [0.25, 0.3) is 0 Å². The number of nitrogens with one attached hydrogen (secondary N) is 2. The molecule has 0 fully saturated rings. The van der Waals surface area contributed by atoms with E-state index in [1.165, 1.54) is 4.90 Å². The SMILES string of the molecule is CC(C)C[C@H](NC(=O)[C@H](CC(C)C)N(C)C(=O)[C@@H](N)CC(C)C)C(=O)NCCc1ccccc1. The summed E-state index contributed by atoms with van der Waals surface area (Å²) in [6, 6.07) is 7.95. The van der Waals surface area contributed by atoms with Gasteiger partial charge >= 0.3 is 0 Å². The molecule has 0 unspecified atom stereocenters. The van der Waals surface area contributed by atoms with E-state index in [2.05, 4.69) is 10.6 Å². The van der Waals surface area contributed by atoms with Crippen LogP contribution >= 0.6 is 0 Å². The highest BCUT2D eigenvalue weighted by Gasteiger charge is 2.33. The standard InChI is InChI=1S/C27H46N4O3/c1-18(2)15-22(28)27(34)31(7)24(17-20(5)6)26(33)30-23(16-19(3)4)25(32)29-14-13-21-11-9-8-10-12-21/h8-12,18-20,22-24H,13-17,28H2,1-7H3,(H,29,32)(H,30,33)/t22-,23-,24-/m0/s1. The van der Waals surface area contributed by atoms with Crippen molar-refractivity contribution < 1.29 is 14.4 Å². The number of carbonyl (C=O) groups is 3. The second-order valence-corrected chi connectivity index (χ2v) is 10.5. The molecule has 0 saturated heterocycles. The van der Waals surface area contributed by atoms with E-state index in [4.69, 9.17) is 5.73 Å². The quantitative estimate of drug-likeness (QED) is 0.385. The van der Waals surface area contributed by atoms with Crippen molar-refractivity contribution in [2.75, 3.05) is 13.6 Å². The van der Waals surface area contributed by atoms with Gasteiger partial charge in [-0.05, 0) is 49.0 Å². The van der Waals surface area contributed by atoms with Gasteiger partial charge in [0.1, 0.15) is 12.1 Å². The smallest absolute Gasteiger partial charge is 0.243 e. The second kappa shape index (κ2) is 14.8. The molecule has 0 radical (unpaired) electrons. The fourth-order valence-electron chi connectivity index (χ4n) is 3.98. The van der Waals surface area contributed by atoms with Crippen molar-refractivity contribution in [2.24, 2.45) is 23.5 Å². The van der Waals surface area contributed by atoms with Gasteiger partial charge in [-0.1, -0.05) is 71.9 Å². The average molecular weight is 475 g/mol. The molecule has 0 heterocycles. The van der Waals surface area contributed by atoms with Gasteiger partial charge in [-0.3, -0.25) is 14.4 Å². The molecule has 0 saturated carbocycles. The fraction of sp³-hybridized carbons (Fsp3) is 0.667. The lowest BCUT2D eigenvalue weighted by Crippen LogP contribution is -2.56. The molecule has 1 aromatic carbocycles. The summed E-state index contributed by atoms with van der Waals surface area (Å²) >= 11 is 0. The number of likely N-dealkylation sites (N-methyl/N-ethyl adjacent to an activating group) is 1. The minimum absolute atomic E-state index is 0.190. The number of nitrogens with zero attached hydrogens (tertiary/aromatic N) is 1. The van der Waals surface area contributed by atoms with E-state index in [1.807, 2.05) is 71.9 Å². The third-order valence-corrected chi connectivity index (χ3v) is 5.75. The van der Waals surface area contributed by atoms with Crippen molar-refractivity contribution in [3.63, 3.8) is 0 Å². The van der Waals surface area contributed by atoms with Crippen LogP contribution in [0.5, 0.6) is 0 Å². The number of hydrogen-bond donors (Lipinski definition) is 3. The molecule has 1 rings (SSSR count). The second-order valence-electron chi connectivity index (χ2n) is 10.5. The van der Waals surface area contributed by atoms with Crippen LogP contribution in [0, 0.1) is 17.8 Å². The Labute approximate surface area is 206 Å². The van der Waals surface area contributed by atoms with Crippen molar-refractivity contribution in [1.82, 2.24) is 15.5 Å². The zero-order valence-corrected chi connectivity index (χ0v) is 22.1. The molecular formula is C27H46N4O3. The van der Waals surface area contributed by atoms with Crippen LogP contribution in [0.15, 0.2) is 30.3 Å². The summed E-state index contributed by atoms with van der Waals surface area (Å²) in [5, 5.41) is 5.89. The van der Waals surface area contributed by atoms with E-state index in [9.17, 15) is 14.4 Å². The van der Waals surface area contributed by atoms with Crippen LogP contribution in [-0.2, 0) is 20.8 Å². The molecule has 0 bridgehead atoms. The first-order valence-electron chi connectivity index (χ1n) is 12.6. The van der Waals surface area contributed by atoms with Crippen LogP contribution in [0.3, 0.4) is 0 Å². The highest BCUT2D eigenvalue weighted by Crippen LogP contribution is 2.15. The van der Waals surface area contributed by atoms with Crippen molar-refractivity contribution in [2.45, 2.75) is 85.4 Å². The van der Waals surface area contributed by atoms with Crippen molar-refractivity contribution >= 4 is 17.7 Å². The minimum Gasteiger partial charge on any atom is -0.354 e. The summed E-state index contributed by atoms with van der Waals surface area (Å²) in [6.45, 7) is 12.6. The Bertz CT molecular complexity index is 764. The molecule has 192 valence electrons. The van der Waals surface area contributed by atoms with E-state index in [0.717, 1.165) is 12.0 Å². The van der Waals surface area contributed by atoms with E-state index in [1.54, 1.807) is 7.05 Å². The number of rotatable bonds is 14. The molecule has 7 heteroatoms. The maximum Gasteiger partial charge on any atom is 0.243 e. The first kappa shape index (κ1) is 29.6. The third kappa shape index (κ3) is 10.7. The van der Waals surface area contributed by atoms with E-state index in [-0.39, 0.29) is 35.5 Å². The van der Waals surface area contributed by atoms with Crippen LogP contribution in [0.25, 0.3) is 0 Å². The van der Waals surface area contributed by atoms with Crippen LogP contribution in [0.2, 0.25) is 0 Å². The lowest BCUT2D eigenvalue weighted by Gasteiger charge is -2.32. The van der Waals surface area contributed by atoms with E-state index < -0.39 is 18.1 Å². The Hall–Kier alpha value is -2.41. The first-order chi connectivity index (χ1) is 15.9. The summed E-state index contributed by atoms with van der Waals surface area (Å²) < 4.78 is 0. The fourth-order valence-corrected chi connectivity index (χ4v) is 3.98. The average Bonchev–Trinajstić information content (AvgIpc) is 2.75. The number of nitrogens with two attached hydrogens (primary N) is 1. The summed E-state index contributed by atoms with van der Waals surface area (Å²) in [5.74, 6) is -0.0815. The number of benzene rings is 1. The summed E-state index contributed by atoms with van der Waals surface area (Å²) in [7, 11) is 1.63. The molecule has 3 atom stereocenters. The van der Waals surface area contributed by atoms with Crippen LogP contribution < -0.4 is 16.4 Å². The lowest BCUT2D eigenvalue weighted by atomic mass is 9.98. The summed E-state index contributed by atoms with van der Waals surface area (Å²) in [4.78, 5) is 40.7. The monoisotopic (exact) mass is 474 g/mol. The van der Waals surface area contributed by atoms with Gasteiger partial charge in [-0.2, -0.15) is 0 Å². The van der Waals surface area contributed by atoms with Crippen LogP contribution in [0.1, 0.15) is 66.4 Å². The predicted octanol–water partition coefficient (Wildman–Crippen LogP) is 3.12.